The quantitative estimate of drug-likeness (QED) is 0.301. The van der Waals surface area contributed by atoms with Crippen LogP contribution in [-0.4, -0.2) is 30.0 Å². The summed E-state index contributed by atoms with van der Waals surface area (Å²) in [4.78, 5) is 19.0. The van der Waals surface area contributed by atoms with Crippen molar-refractivity contribution in [2.45, 2.75) is 49.5 Å². The lowest BCUT2D eigenvalue weighted by molar-refractivity contribution is -0.138. The first-order chi connectivity index (χ1) is 19.6. The van der Waals surface area contributed by atoms with Crippen molar-refractivity contribution < 1.29 is 31.5 Å². The van der Waals surface area contributed by atoms with E-state index in [0.29, 0.717) is 5.56 Å². The minimum Gasteiger partial charge on any atom is -0.372 e. The summed E-state index contributed by atoms with van der Waals surface area (Å²) in [6.07, 6.45) is -1.38. The summed E-state index contributed by atoms with van der Waals surface area (Å²) in [5.74, 6) is -0.849. The number of aliphatic hydroxyl groups is 1. The van der Waals surface area contributed by atoms with Crippen LogP contribution in [0.4, 0.5) is 18.9 Å². The maximum Gasteiger partial charge on any atom is 0.416 e. The fourth-order valence-corrected chi connectivity index (χ4v) is 6.38. The average molecular weight is 596 g/mol. The van der Waals surface area contributed by atoms with Gasteiger partial charge >= 0.3 is 6.18 Å². The van der Waals surface area contributed by atoms with Crippen LogP contribution < -0.4 is 9.62 Å². The van der Waals surface area contributed by atoms with E-state index >= 15 is 0 Å². The Morgan fingerprint density at radius 3 is 2.05 bits per heavy atom. The van der Waals surface area contributed by atoms with Crippen molar-refractivity contribution >= 4 is 21.6 Å². The number of hydrogen-bond donors (Lipinski definition) is 2. The van der Waals surface area contributed by atoms with Gasteiger partial charge in [0.1, 0.15) is 0 Å². The molecule has 0 fully saturated rings. The molecule has 1 aliphatic rings. The molecule has 2 N–H and O–H groups in total. The number of carbonyl (C=O) groups is 1. The predicted octanol–water partition coefficient (Wildman–Crippen LogP) is 5.63. The van der Waals surface area contributed by atoms with Crippen LogP contribution in [0.3, 0.4) is 0 Å². The Labute approximate surface area is 241 Å². The van der Waals surface area contributed by atoms with Gasteiger partial charge in [0.2, 0.25) is 10.0 Å². The Hall–Kier alpha value is -4.06. The van der Waals surface area contributed by atoms with E-state index in [1.807, 2.05) is 24.3 Å². The van der Waals surface area contributed by atoms with Crippen molar-refractivity contribution in [2.75, 3.05) is 4.90 Å². The highest BCUT2D eigenvalue weighted by Crippen LogP contribution is 2.47. The molecule has 42 heavy (non-hydrogen) atoms. The van der Waals surface area contributed by atoms with Crippen LogP contribution in [0.15, 0.2) is 96.2 Å². The van der Waals surface area contributed by atoms with Crippen LogP contribution in [0.5, 0.6) is 0 Å². The Balaban J connectivity index is 1.53. The van der Waals surface area contributed by atoms with E-state index < -0.39 is 38.8 Å². The van der Waals surface area contributed by atoms with Crippen molar-refractivity contribution in [3.05, 3.63) is 114 Å². The first-order valence-corrected chi connectivity index (χ1v) is 14.5. The number of rotatable bonds is 6. The van der Waals surface area contributed by atoms with E-state index in [4.69, 9.17) is 0 Å². The molecule has 0 saturated heterocycles. The maximum absolute atomic E-state index is 13.9. The number of carbonyl (C=O) groups excluding carboxylic acids is 1. The van der Waals surface area contributed by atoms with Crippen LogP contribution in [-0.2, 0) is 33.1 Å². The molecule has 1 atom stereocenters. The molecule has 1 amide bonds. The van der Waals surface area contributed by atoms with Gasteiger partial charge in [0.15, 0.2) is 5.60 Å². The third-order valence-corrected chi connectivity index (χ3v) is 8.66. The fraction of sp³-hybridized carbons (Fsp3) is 0.226. The lowest BCUT2D eigenvalue weighted by Crippen LogP contribution is -2.41. The number of amides is 1. The topological polar surface area (TPSA) is 99.6 Å². The first kappa shape index (κ1) is 29.4. The number of nitrogens with zero attached hydrogens (tertiary/aromatic N) is 2. The van der Waals surface area contributed by atoms with Crippen molar-refractivity contribution in [1.82, 2.24) is 9.71 Å². The van der Waals surface area contributed by atoms with E-state index in [2.05, 4.69) is 9.71 Å². The molecule has 0 spiro atoms. The smallest absolute Gasteiger partial charge is 0.372 e. The Kier molecular flexibility index (Phi) is 7.24. The number of hydrogen-bond acceptors (Lipinski definition) is 5. The zero-order valence-electron chi connectivity index (χ0n) is 23.0. The number of fused-ring (bicyclic) bond motifs is 1. The van der Waals surface area contributed by atoms with E-state index in [0.717, 1.165) is 23.3 Å². The summed E-state index contributed by atoms with van der Waals surface area (Å²) in [5, 5.41) is 11.9. The van der Waals surface area contributed by atoms with Gasteiger partial charge in [0, 0.05) is 23.5 Å². The average Bonchev–Trinajstić information content (AvgIpc) is 3.14. The number of benzene rings is 3. The normalized spacial score (nSPS) is 17.4. The number of sulfonamides is 1. The molecular weight excluding hydrogens is 567 g/mol. The zero-order valence-corrected chi connectivity index (χ0v) is 23.8. The fourth-order valence-electron chi connectivity index (χ4n) is 4.96. The maximum atomic E-state index is 13.9. The highest BCUT2D eigenvalue weighted by atomic mass is 32.2. The first-order valence-electron chi connectivity index (χ1n) is 13.0. The predicted molar refractivity (Wildman–Crippen MR) is 152 cm³/mol. The monoisotopic (exact) mass is 595 g/mol. The Bertz CT molecular complexity index is 1740. The molecular formula is C31H28F3N3O4S. The number of nitrogens with one attached hydrogen (secondary N) is 1. The molecule has 218 valence electrons. The van der Waals surface area contributed by atoms with Gasteiger partial charge in [-0.25, -0.2) is 13.1 Å². The second kappa shape index (κ2) is 10.3. The molecule has 0 radical (unpaired) electrons. The van der Waals surface area contributed by atoms with Crippen LogP contribution in [0.25, 0.3) is 11.1 Å². The van der Waals surface area contributed by atoms with Crippen LogP contribution in [0.2, 0.25) is 0 Å². The summed E-state index contributed by atoms with van der Waals surface area (Å²) >= 11 is 0. The van der Waals surface area contributed by atoms with Gasteiger partial charge in [-0.15, -0.1) is 0 Å². The van der Waals surface area contributed by atoms with Gasteiger partial charge in [-0.1, -0.05) is 36.4 Å². The van der Waals surface area contributed by atoms with E-state index in [1.165, 1.54) is 35.2 Å². The van der Waals surface area contributed by atoms with E-state index in [9.17, 15) is 31.5 Å². The molecule has 4 aromatic rings. The van der Waals surface area contributed by atoms with Crippen LogP contribution in [0, 0.1) is 0 Å². The largest absolute Gasteiger partial charge is 0.416 e. The summed E-state index contributed by atoms with van der Waals surface area (Å²) < 4.78 is 69.1. The van der Waals surface area contributed by atoms with E-state index in [1.54, 1.807) is 45.3 Å². The molecule has 2 heterocycles. The molecule has 11 heteroatoms. The molecule has 1 aromatic heterocycles. The van der Waals surface area contributed by atoms with Crippen LogP contribution in [0.1, 0.15) is 43.0 Å². The van der Waals surface area contributed by atoms with Crippen LogP contribution >= 0.6 is 0 Å². The Morgan fingerprint density at radius 2 is 1.48 bits per heavy atom. The SMILES string of the molecule is CC(C)(C)NS(=O)(=O)c1ccc(C2(O)C(=O)N(Cc3ccc(-c4ccncc4)cc3)c3ccc(C(F)(F)F)cc32)cc1. The standard InChI is InChI=1S/C31H28F3N3O4S/c1-29(2,3)36-42(40,41)25-11-8-23(9-12-25)30(39)26-18-24(31(32,33)34)10-13-27(26)37(28(30)38)19-20-4-6-21(7-5-20)22-14-16-35-17-15-22/h4-18,36,39H,19H2,1-3H3. The lowest BCUT2D eigenvalue weighted by atomic mass is 9.86. The number of anilines is 1. The molecule has 5 rings (SSSR count). The summed E-state index contributed by atoms with van der Waals surface area (Å²) in [6.45, 7) is 5.01. The molecule has 0 bridgehead atoms. The second-order valence-electron chi connectivity index (χ2n) is 11.1. The number of aromatic nitrogens is 1. The van der Waals surface area contributed by atoms with Gasteiger partial charge in [0.05, 0.1) is 22.7 Å². The van der Waals surface area contributed by atoms with Crippen molar-refractivity contribution in [3.8, 4) is 11.1 Å². The summed E-state index contributed by atoms with van der Waals surface area (Å²) in [7, 11) is -3.93. The number of halogens is 3. The molecule has 0 aliphatic carbocycles. The van der Waals surface area contributed by atoms with Gasteiger partial charge < -0.3 is 10.0 Å². The molecule has 3 aromatic carbocycles. The van der Waals surface area contributed by atoms with Crippen molar-refractivity contribution in [2.24, 2.45) is 0 Å². The van der Waals surface area contributed by atoms with Crippen molar-refractivity contribution in [3.63, 3.8) is 0 Å². The minimum atomic E-state index is -4.72. The highest BCUT2D eigenvalue weighted by molar-refractivity contribution is 7.89. The van der Waals surface area contributed by atoms with Gasteiger partial charge in [-0.2, -0.15) is 13.2 Å². The molecule has 7 nitrogen and oxygen atoms in total. The third kappa shape index (κ3) is 5.55. The lowest BCUT2D eigenvalue weighted by Gasteiger charge is -2.25. The minimum absolute atomic E-state index is 0.0158. The van der Waals surface area contributed by atoms with Gasteiger partial charge in [0.25, 0.3) is 5.91 Å². The third-order valence-electron chi connectivity index (χ3n) is 6.89. The van der Waals surface area contributed by atoms with Gasteiger partial charge in [-0.05, 0) is 85.5 Å². The number of alkyl halides is 3. The zero-order chi connectivity index (χ0) is 30.5. The molecule has 1 aliphatic heterocycles. The van der Waals surface area contributed by atoms with E-state index in [-0.39, 0.29) is 28.3 Å². The molecule has 1 unspecified atom stereocenters. The summed E-state index contributed by atoms with van der Waals surface area (Å²) in [6, 6.07) is 18.7. The van der Waals surface area contributed by atoms with Crippen molar-refractivity contribution in [1.29, 1.82) is 0 Å². The number of pyridine rings is 1. The Morgan fingerprint density at radius 1 is 0.881 bits per heavy atom. The van der Waals surface area contributed by atoms with Gasteiger partial charge in [-0.3, -0.25) is 9.78 Å². The summed E-state index contributed by atoms with van der Waals surface area (Å²) in [5.41, 5.74) is -1.89. The highest BCUT2D eigenvalue weighted by Gasteiger charge is 2.52. The molecule has 0 saturated carbocycles. The second-order valence-corrected chi connectivity index (χ2v) is 12.8.